The predicted molar refractivity (Wildman–Crippen MR) is 88.2 cm³/mol. The minimum Gasteiger partial charge on any atom is -0.484 e. The molecule has 1 atom stereocenters. The number of morpholine rings is 1. The van der Waals surface area contributed by atoms with E-state index in [-0.39, 0.29) is 18.6 Å². The van der Waals surface area contributed by atoms with Gasteiger partial charge in [0.25, 0.3) is 5.91 Å². The van der Waals surface area contributed by atoms with Crippen LogP contribution in [0.3, 0.4) is 0 Å². The molecule has 0 bridgehead atoms. The third-order valence-electron chi connectivity index (χ3n) is 3.64. The highest BCUT2D eigenvalue weighted by Gasteiger charge is 2.21. The summed E-state index contributed by atoms with van der Waals surface area (Å²) in [5, 5.41) is 0. The van der Waals surface area contributed by atoms with Crippen molar-refractivity contribution >= 4 is 5.91 Å². The summed E-state index contributed by atoms with van der Waals surface area (Å²) in [7, 11) is 0. The number of benzene rings is 1. The van der Waals surface area contributed by atoms with Gasteiger partial charge in [0, 0.05) is 25.4 Å². The molecule has 0 spiro atoms. The van der Waals surface area contributed by atoms with E-state index in [0.717, 1.165) is 0 Å². The molecule has 0 aliphatic carbocycles. The van der Waals surface area contributed by atoms with Crippen molar-refractivity contribution in [2.45, 2.75) is 13.0 Å². The van der Waals surface area contributed by atoms with Gasteiger partial charge in [-0.15, -0.1) is 0 Å². The Morgan fingerprint density at radius 2 is 2.04 bits per heavy atom. The molecule has 0 unspecified atom stereocenters. The molecule has 126 valence electrons. The van der Waals surface area contributed by atoms with Crippen molar-refractivity contribution in [1.82, 2.24) is 9.88 Å². The van der Waals surface area contributed by atoms with Crippen LogP contribution in [0.4, 0.5) is 0 Å². The van der Waals surface area contributed by atoms with Gasteiger partial charge in [-0.1, -0.05) is 6.07 Å². The molecule has 24 heavy (non-hydrogen) atoms. The van der Waals surface area contributed by atoms with E-state index in [0.29, 0.717) is 37.1 Å². The Balaban J connectivity index is 1.50. The molecule has 1 aromatic heterocycles. The number of pyridine rings is 1. The highest BCUT2D eigenvalue weighted by molar-refractivity contribution is 5.77. The smallest absolute Gasteiger partial charge is 0.260 e. The van der Waals surface area contributed by atoms with Crippen LogP contribution in [0.1, 0.15) is 6.92 Å². The first-order valence-corrected chi connectivity index (χ1v) is 7.92. The van der Waals surface area contributed by atoms with Crippen LogP contribution in [0.15, 0.2) is 48.7 Å². The van der Waals surface area contributed by atoms with E-state index in [9.17, 15) is 4.79 Å². The monoisotopic (exact) mass is 328 g/mol. The summed E-state index contributed by atoms with van der Waals surface area (Å²) in [5.41, 5.74) is 0. The lowest BCUT2D eigenvalue weighted by Crippen LogP contribution is -2.46. The number of aromatic nitrogens is 1. The van der Waals surface area contributed by atoms with Crippen LogP contribution in [-0.2, 0) is 9.53 Å². The van der Waals surface area contributed by atoms with Crippen molar-refractivity contribution in [2.24, 2.45) is 0 Å². The Kier molecular flexibility index (Phi) is 5.28. The van der Waals surface area contributed by atoms with Crippen LogP contribution in [0.2, 0.25) is 0 Å². The standard InChI is InChI=1S/C18H20N2O4/c1-14-12-20(10-11-22-14)18(21)13-23-15-5-7-16(8-6-15)24-17-4-2-3-9-19-17/h2-9,14H,10-13H2,1H3/t14-/m0/s1. The second kappa shape index (κ2) is 7.79. The second-order valence-corrected chi connectivity index (χ2v) is 5.55. The van der Waals surface area contributed by atoms with E-state index >= 15 is 0 Å². The third kappa shape index (κ3) is 4.45. The Hall–Kier alpha value is -2.60. The van der Waals surface area contributed by atoms with Crippen LogP contribution >= 0.6 is 0 Å². The number of hydrogen-bond acceptors (Lipinski definition) is 5. The zero-order valence-electron chi connectivity index (χ0n) is 13.6. The molecule has 1 aromatic carbocycles. The van der Waals surface area contributed by atoms with Crippen molar-refractivity contribution in [2.75, 3.05) is 26.3 Å². The molecule has 1 aliphatic heterocycles. The van der Waals surface area contributed by atoms with Gasteiger partial charge in [0.2, 0.25) is 5.88 Å². The van der Waals surface area contributed by atoms with Crippen LogP contribution in [0.25, 0.3) is 0 Å². The molecular formula is C18H20N2O4. The van der Waals surface area contributed by atoms with E-state index < -0.39 is 0 Å². The summed E-state index contributed by atoms with van der Waals surface area (Å²) in [6.45, 7) is 3.78. The molecule has 6 nitrogen and oxygen atoms in total. The molecule has 1 aliphatic rings. The van der Waals surface area contributed by atoms with Gasteiger partial charge in [-0.25, -0.2) is 4.98 Å². The van der Waals surface area contributed by atoms with Gasteiger partial charge >= 0.3 is 0 Å². The quantitative estimate of drug-likeness (QED) is 0.844. The Labute approximate surface area is 141 Å². The lowest BCUT2D eigenvalue weighted by atomic mass is 10.3. The number of amides is 1. The summed E-state index contributed by atoms with van der Waals surface area (Å²) in [4.78, 5) is 18.0. The van der Waals surface area contributed by atoms with Gasteiger partial charge in [-0.05, 0) is 37.3 Å². The minimum atomic E-state index is -0.0287. The van der Waals surface area contributed by atoms with Crippen molar-refractivity contribution in [3.05, 3.63) is 48.7 Å². The SMILES string of the molecule is C[C@H]1CN(C(=O)COc2ccc(Oc3ccccn3)cc2)CCO1. The van der Waals surface area contributed by atoms with Crippen molar-refractivity contribution in [1.29, 1.82) is 0 Å². The largest absolute Gasteiger partial charge is 0.484 e. The molecule has 1 amide bonds. The normalized spacial score (nSPS) is 17.4. The first-order chi connectivity index (χ1) is 11.7. The van der Waals surface area contributed by atoms with Crippen molar-refractivity contribution in [3.63, 3.8) is 0 Å². The summed E-state index contributed by atoms with van der Waals surface area (Å²) < 4.78 is 16.6. The van der Waals surface area contributed by atoms with E-state index in [1.165, 1.54) is 0 Å². The van der Waals surface area contributed by atoms with Crippen LogP contribution in [0, 0.1) is 0 Å². The zero-order valence-corrected chi connectivity index (χ0v) is 13.6. The fourth-order valence-corrected chi connectivity index (χ4v) is 2.41. The van der Waals surface area contributed by atoms with Gasteiger partial charge in [0.1, 0.15) is 11.5 Å². The molecular weight excluding hydrogens is 308 g/mol. The van der Waals surface area contributed by atoms with Crippen molar-refractivity contribution < 1.29 is 19.0 Å². The summed E-state index contributed by atoms with van der Waals surface area (Å²) in [6.07, 6.45) is 1.75. The fourth-order valence-electron chi connectivity index (χ4n) is 2.41. The van der Waals surface area contributed by atoms with Crippen molar-refractivity contribution in [3.8, 4) is 17.4 Å². The highest BCUT2D eigenvalue weighted by Crippen LogP contribution is 2.22. The number of nitrogens with zero attached hydrogens (tertiary/aromatic N) is 2. The average Bonchev–Trinajstić information content (AvgIpc) is 2.62. The first kappa shape index (κ1) is 16.3. The number of rotatable bonds is 5. The summed E-state index contributed by atoms with van der Waals surface area (Å²) in [6, 6.07) is 12.6. The Morgan fingerprint density at radius 1 is 1.25 bits per heavy atom. The van der Waals surface area contributed by atoms with Crippen LogP contribution < -0.4 is 9.47 Å². The Bertz CT molecular complexity index is 660. The van der Waals surface area contributed by atoms with Gasteiger partial charge in [-0.3, -0.25) is 4.79 Å². The maximum absolute atomic E-state index is 12.1. The summed E-state index contributed by atoms with van der Waals surface area (Å²) in [5.74, 6) is 1.79. The van der Waals surface area contributed by atoms with Gasteiger partial charge in [0.15, 0.2) is 6.61 Å². The molecule has 3 rings (SSSR count). The molecule has 6 heteroatoms. The van der Waals surface area contributed by atoms with Crippen LogP contribution in [0.5, 0.6) is 17.4 Å². The lowest BCUT2D eigenvalue weighted by Gasteiger charge is -2.31. The molecule has 1 fully saturated rings. The van der Waals surface area contributed by atoms with Gasteiger partial charge < -0.3 is 19.1 Å². The number of carbonyl (C=O) groups excluding carboxylic acids is 1. The van der Waals surface area contributed by atoms with Crippen LogP contribution in [-0.4, -0.2) is 48.2 Å². The summed E-state index contributed by atoms with van der Waals surface area (Å²) >= 11 is 0. The minimum absolute atomic E-state index is 0.0210. The third-order valence-corrected chi connectivity index (χ3v) is 3.64. The average molecular weight is 328 g/mol. The van der Waals surface area contributed by atoms with Gasteiger partial charge in [0.05, 0.1) is 12.7 Å². The molecule has 2 aromatic rings. The first-order valence-electron chi connectivity index (χ1n) is 7.92. The fraction of sp³-hybridized carbons (Fsp3) is 0.333. The van der Waals surface area contributed by atoms with E-state index in [1.807, 2.05) is 19.1 Å². The van der Waals surface area contributed by atoms with E-state index in [1.54, 1.807) is 41.4 Å². The Morgan fingerprint density at radius 3 is 2.75 bits per heavy atom. The molecule has 0 radical (unpaired) electrons. The second-order valence-electron chi connectivity index (χ2n) is 5.55. The topological polar surface area (TPSA) is 60.9 Å². The molecule has 0 saturated carbocycles. The number of ether oxygens (including phenoxy) is 3. The maximum atomic E-state index is 12.1. The molecule has 0 N–H and O–H groups in total. The van der Waals surface area contributed by atoms with Gasteiger partial charge in [-0.2, -0.15) is 0 Å². The lowest BCUT2D eigenvalue weighted by molar-refractivity contribution is -0.140. The zero-order chi connectivity index (χ0) is 16.8. The van der Waals surface area contributed by atoms with E-state index in [4.69, 9.17) is 14.2 Å². The number of hydrogen-bond donors (Lipinski definition) is 0. The predicted octanol–water partition coefficient (Wildman–Crippen LogP) is 2.50. The maximum Gasteiger partial charge on any atom is 0.260 e. The van der Waals surface area contributed by atoms with E-state index in [2.05, 4.69) is 4.98 Å². The molecule has 2 heterocycles. The highest BCUT2D eigenvalue weighted by atomic mass is 16.5. The molecule has 1 saturated heterocycles. The number of carbonyl (C=O) groups is 1.